The number of rotatable bonds is 7. The van der Waals surface area contributed by atoms with E-state index in [2.05, 4.69) is 20.9 Å². The third-order valence-corrected chi connectivity index (χ3v) is 8.73. The van der Waals surface area contributed by atoms with E-state index in [9.17, 15) is 9.59 Å². The summed E-state index contributed by atoms with van der Waals surface area (Å²) in [6.45, 7) is 2.12. The summed E-state index contributed by atoms with van der Waals surface area (Å²) in [6, 6.07) is 21.3. The molecular formula is C29H26N4O3S2. The van der Waals surface area contributed by atoms with Crippen molar-refractivity contribution in [2.75, 3.05) is 18.5 Å². The molecule has 1 saturated heterocycles. The number of carbonyl (C=O) groups is 2. The van der Waals surface area contributed by atoms with Gasteiger partial charge >= 0.3 is 0 Å². The standard InChI is InChI=1S/C29H26N4O3S2/c34-27(19-9-12-26-24(14-19)33-28(35)23-5-1-2-6-25(23)38-26)31-15-22-16-32-29(37-22)18-7-10-21(11-8-18)36-17-20-4-3-13-30-20/h1-2,5-12,14,16,20,30H,3-4,13,15,17H2,(H,31,34)(H,33,35). The van der Waals surface area contributed by atoms with Crippen molar-refractivity contribution in [3.05, 3.63) is 88.9 Å². The zero-order valence-electron chi connectivity index (χ0n) is 20.5. The lowest BCUT2D eigenvalue weighted by molar-refractivity contribution is 0.0949. The Morgan fingerprint density at radius 1 is 1.08 bits per heavy atom. The number of aromatic nitrogens is 1. The summed E-state index contributed by atoms with van der Waals surface area (Å²) in [5.74, 6) is 0.472. The van der Waals surface area contributed by atoms with Gasteiger partial charge in [0.25, 0.3) is 11.8 Å². The van der Waals surface area contributed by atoms with Crippen LogP contribution in [0, 0.1) is 0 Å². The number of hydrogen-bond acceptors (Lipinski definition) is 7. The van der Waals surface area contributed by atoms with Crippen LogP contribution in [0.5, 0.6) is 5.75 Å². The summed E-state index contributed by atoms with van der Waals surface area (Å²) in [6.07, 6.45) is 4.16. The molecule has 192 valence electrons. The van der Waals surface area contributed by atoms with E-state index < -0.39 is 0 Å². The molecule has 7 nitrogen and oxygen atoms in total. The summed E-state index contributed by atoms with van der Waals surface area (Å²) in [5.41, 5.74) is 2.77. The number of amides is 2. The second-order valence-electron chi connectivity index (χ2n) is 9.21. The first kappa shape index (κ1) is 24.7. The van der Waals surface area contributed by atoms with Gasteiger partial charge in [-0.2, -0.15) is 0 Å². The van der Waals surface area contributed by atoms with Gasteiger partial charge in [-0.1, -0.05) is 23.9 Å². The van der Waals surface area contributed by atoms with Crippen molar-refractivity contribution in [3.8, 4) is 16.3 Å². The van der Waals surface area contributed by atoms with Gasteiger partial charge in [-0.15, -0.1) is 11.3 Å². The monoisotopic (exact) mass is 542 g/mol. The molecule has 2 aliphatic rings. The van der Waals surface area contributed by atoms with Crippen LogP contribution in [0.25, 0.3) is 10.6 Å². The van der Waals surface area contributed by atoms with Gasteiger partial charge < -0.3 is 20.7 Å². The van der Waals surface area contributed by atoms with Gasteiger partial charge in [0, 0.05) is 38.0 Å². The highest BCUT2D eigenvalue weighted by molar-refractivity contribution is 7.99. The van der Waals surface area contributed by atoms with E-state index >= 15 is 0 Å². The molecule has 1 fully saturated rings. The van der Waals surface area contributed by atoms with Crippen LogP contribution in [0.4, 0.5) is 5.69 Å². The lowest BCUT2D eigenvalue weighted by atomic mass is 10.1. The van der Waals surface area contributed by atoms with Crippen molar-refractivity contribution in [1.82, 2.24) is 15.6 Å². The van der Waals surface area contributed by atoms with E-state index in [1.165, 1.54) is 18.2 Å². The molecule has 2 amide bonds. The van der Waals surface area contributed by atoms with Crippen LogP contribution in [0.2, 0.25) is 0 Å². The fourth-order valence-electron chi connectivity index (χ4n) is 4.49. The maximum Gasteiger partial charge on any atom is 0.256 e. The lowest BCUT2D eigenvalue weighted by Gasteiger charge is -2.12. The van der Waals surface area contributed by atoms with Crippen molar-refractivity contribution < 1.29 is 14.3 Å². The largest absolute Gasteiger partial charge is 0.492 e. The molecule has 1 unspecified atom stereocenters. The van der Waals surface area contributed by atoms with Crippen LogP contribution in [0.3, 0.4) is 0 Å². The molecule has 9 heteroatoms. The number of ether oxygens (including phenoxy) is 1. The number of anilines is 1. The van der Waals surface area contributed by atoms with Crippen molar-refractivity contribution in [2.45, 2.75) is 35.2 Å². The first-order valence-corrected chi connectivity index (χ1v) is 14.2. The summed E-state index contributed by atoms with van der Waals surface area (Å²) in [7, 11) is 0. The Kier molecular flexibility index (Phi) is 7.13. The van der Waals surface area contributed by atoms with Crippen molar-refractivity contribution >= 4 is 40.6 Å². The topological polar surface area (TPSA) is 92.3 Å². The van der Waals surface area contributed by atoms with E-state index in [1.807, 2.05) is 48.5 Å². The number of nitrogens with zero attached hydrogens (tertiary/aromatic N) is 1. The summed E-state index contributed by atoms with van der Waals surface area (Å²) < 4.78 is 5.91. The zero-order valence-corrected chi connectivity index (χ0v) is 22.2. The molecule has 6 rings (SSSR count). The minimum atomic E-state index is -0.206. The molecule has 0 radical (unpaired) electrons. The molecule has 38 heavy (non-hydrogen) atoms. The molecule has 3 aromatic carbocycles. The Balaban J connectivity index is 1.06. The van der Waals surface area contributed by atoms with Crippen molar-refractivity contribution in [3.63, 3.8) is 0 Å². The highest BCUT2D eigenvalue weighted by Gasteiger charge is 2.21. The van der Waals surface area contributed by atoms with Crippen molar-refractivity contribution in [1.29, 1.82) is 0 Å². The van der Waals surface area contributed by atoms with Crippen LogP contribution < -0.4 is 20.7 Å². The molecule has 2 aliphatic heterocycles. The van der Waals surface area contributed by atoms with Crippen LogP contribution >= 0.6 is 23.1 Å². The Labute approximate surface area is 229 Å². The third-order valence-electron chi connectivity index (χ3n) is 6.53. The summed E-state index contributed by atoms with van der Waals surface area (Å²) in [5, 5.41) is 10.2. The molecule has 0 bridgehead atoms. The van der Waals surface area contributed by atoms with Gasteiger partial charge in [-0.25, -0.2) is 4.98 Å². The normalized spacial score (nSPS) is 16.2. The molecule has 3 heterocycles. The minimum Gasteiger partial charge on any atom is -0.492 e. The Morgan fingerprint density at radius 3 is 2.79 bits per heavy atom. The molecule has 4 aromatic rings. The molecule has 0 saturated carbocycles. The van der Waals surface area contributed by atoms with Crippen molar-refractivity contribution in [2.24, 2.45) is 0 Å². The van der Waals surface area contributed by atoms with Crippen LogP contribution in [-0.4, -0.2) is 36.0 Å². The highest BCUT2D eigenvalue weighted by atomic mass is 32.2. The van der Waals surface area contributed by atoms with Crippen LogP contribution in [-0.2, 0) is 6.54 Å². The molecule has 1 aromatic heterocycles. The van der Waals surface area contributed by atoms with E-state index in [4.69, 9.17) is 4.74 Å². The highest BCUT2D eigenvalue weighted by Crippen LogP contribution is 2.39. The average molecular weight is 543 g/mol. The van der Waals surface area contributed by atoms with Crippen LogP contribution in [0.1, 0.15) is 38.4 Å². The van der Waals surface area contributed by atoms with Gasteiger partial charge in [-0.05, 0) is 74.0 Å². The molecule has 1 atom stereocenters. The first-order chi connectivity index (χ1) is 18.6. The maximum atomic E-state index is 12.9. The van der Waals surface area contributed by atoms with E-state index in [1.54, 1.807) is 35.7 Å². The third kappa shape index (κ3) is 5.45. The maximum absolute atomic E-state index is 12.9. The molecular weight excluding hydrogens is 516 g/mol. The van der Waals surface area contributed by atoms with E-state index in [0.717, 1.165) is 44.0 Å². The number of nitrogens with one attached hydrogen (secondary N) is 3. The number of fused-ring (bicyclic) bond motifs is 2. The summed E-state index contributed by atoms with van der Waals surface area (Å²) >= 11 is 3.06. The number of carbonyl (C=O) groups excluding carboxylic acids is 2. The van der Waals surface area contributed by atoms with Crippen LogP contribution in [0.15, 0.2) is 82.7 Å². The molecule has 0 spiro atoms. The van der Waals surface area contributed by atoms with E-state index in [-0.39, 0.29) is 11.8 Å². The predicted molar refractivity (Wildman–Crippen MR) is 150 cm³/mol. The number of thiazole rings is 1. The average Bonchev–Trinajstić information content (AvgIpc) is 3.62. The van der Waals surface area contributed by atoms with Gasteiger partial charge in [0.05, 0.1) is 17.8 Å². The zero-order chi connectivity index (χ0) is 25.9. The Hall–Kier alpha value is -3.66. The Morgan fingerprint density at radius 2 is 1.95 bits per heavy atom. The van der Waals surface area contributed by atoms with Gasteiger partial charge in [0.2, 0.25) is 0 Å². The SMILES string of the molecule is O=C(NCc1cnc(-c2ccc(OCC3CCCN3)cc2)s1)c1ccc2c(c1)NC(=O)c1ccccc1S2. The quantitative estimate of drug-likeness (QED) is 0.282. The predicted octanol–water partition coefficient (Wildman–Crippen LogP) is 5.59. The lowest BCUT2D eigenvalue weighted by Crippen LogP contribution is -2.28. The van der Waals surface area contributed by atoms with E-state index in [0.29, 0.717) is 36.0 Å². The van der Waals surface area contributed by atoms with Gasteiger partial charge in [0.1, 0.15) is 17.4 Å². The minimum absolute atomic E-state index is 0.174. The van der Waals surface area contributed by atoms with Gasteiger partial charge in [-0.3, -0.25) is 9.59 Å². The second kappa shape index (κ2) is 11.0. The van der Waals surface area contributed by atoms with Gasteiger partial charge in [0.15, 0.2) is 0 Å². The fourth-order valence-corrected chi connectivity index (χ4v) is 6.36. The Bertz CT molecular complexity index is 1480. The summed E-state index contributed by atoms with van der Waals surface area (Å²) in [4.78, 5) is 32.8. The number of hydrogen-bond donors (Lipinski definition) is 3. The second-order valence-corrected chi connectivity index (χ2v) is 11.4. The number of benzene rings is 3. The fraction of sp³-hybridized carbons (Fsp3) is 0.207. The molecule has 3 N–H and O–H groups in total. The smallest absolute Gasteiger partial charge is 0.256 e. The first-order valence-electron chi connectivity index (χ1n) is 12.5. The molecule has 0 aliphatic carbocycles.